The van der Waals surface area contributed by atoms with Crippen LogP contribution in [0.4, 0.5) is 0 Å². The van der Waals surface area contributed by atoms with Crippen LogP contribution in [0.2, 0.25) is 0 Å². The second-order valence-electron chi connectivity index (χ2n) is 24.8. The van der Waals surface area contributed by atoms with Gasteiger partial charge in [-0.05, 0) is 77.0 Å². The molecule has 0 radical (unpaired) electrons. The Bertz CT molecular complexity index is 1720. The third-order valence-corrected chi connectivity index (χ3v) is 15.3. The van der Waals surface area contributed by atoms with Crippen molar-refractivity contribution in [2.75, 3.05) is 47.5 Å². The number of ether oxygens (including phenoxy) is 4. The molecule has 0 aromatic heterocycles. The molecular formula is C76H133NO8. The van der Waals surface area contributed by atoms with Crippen LogP contribution in [-0.4, -0.2) is 82.3 Å². The second kappa shape index (κ2) is 66.2. The minimum absolute atomic E-state index is 0.139. The lowest BCUT2D eigenvalue weighted by Crippen LogP contribution is -2.44. The fraction of sp³-hybridized carbons (Fsp3) is 0.750. The minimum atomic E-state index is -1.63. The summed E-state index contributed by atoms with van der Waals surface area (Å²) in [4.78, 5) is 37.5. The van der Waals surface area contributed by atoms with Gasteiger partial charge in [0.2, 0.25) is 0 Å². The molecule has 0 rings (SSSR count). The maximum absolute atomic E-state index is 12.9. The summed E-state index contributed by atoms with van der Waals surface area (Å²) in [5, 5.41) is 11.8. The highest BCUT2D eigenvalue weighted by Gasteiger charge is 2.22. The Kier molecular flexibility index (Phi) is 63.2. The molecule has 0 saturated heterocycles. The van der Waals surface area contributed by atoms with Gasteiger partial charge in [-0.25, -0.2) is 0 Å². The third-order valence-electron chi connectivity index (χ3n) is 15.3. The molecule has 0 saturated carbocycles. The van der Waals surface area contributed by atoms with Crippen LogP contribution in [0.1, 0.15) is 309 Å². The molecule has 9 heteroatoms. The zero-order valence-corrected chi connectivity index (χ0v) is 56.0. The Morgan fingerprint density at radius 3 is 1.00 bits per heavy atom. The van der Waals surface area contributed by atoms with Gasteiger partial charge in [0.25, 0.3) is 0 Å². The first-order valence-electron chi connectivity index (χ1n) is 35.4. The van der Waals surface area contributed by atoms with Gasteiger partial charge < -0.3 is 33.3 Å². The molecule has 0 amide bonds. The van der Waals surface area contributed by atoms with Gasteiger partial charge in [0.05, 0.1) is 40.3 Å². The highest BCUT2D eigenvalue weighted by Crippen LogP contribution is 2.18. The number of unbranched alkanes of at least 4 members (excludes halogenated alkanes) is 34. The summed E-state index contributed by atoms with van der Waals surface area (Å²) in [5.74, 6) is -2.31. The van der Waals surface area contributed by atoms with Gasteiger partial charge in [0.15, 0.2) is 12.4 Å². The van der Waals surface area contributed by atoms with E-state index in [4.69, 9.17) is 18.9 Å². The van der Waals surface area contributed by atoms with Crippen LogP contribution < -0.4 is 5.11 Å². The van der Waals surface area contributed by atoms with Crippen molar-refractivity contribution >= 4 is 17.9 Å². The van der Waals surface area contributed by atoms with Crippen molar-refractivity contribution in [3.8, 4) is 0 Å². The average molecular weight is 1190 g/mol. The summed E-state index contributed by atoms with van der Waals surface area (Å²) < 4.78 is 22.8. The monoisotopic (exact) mass is 1190 g/mol. The Balaban J connectivity index is 4.16. The molecule has 2 unspecified atom stereocenters. The molecule has 0 spiro atoms. The first-order valence-corrected chi connectivity index (χ1v) is 35.4. The number of nitrogens with zero attached hydrogens (tertiary/aromatic N) is 1. The van der Waals surface area contributed by atoms with E-state index in [0.717, 1.165) is 96.3 Å². The van der Waals surface area contributed by atoms with Gasteiger partial charge in [-0.2, -0.15) is 0 Å². The number of rotatable bonds is 65. The van der Waals surface area contributed by atoms with Crippen LogP contribution >= 0.6 is 0 Å². The second-order valence-corrected chi connectivity index (χ2v) is 24.8. The summed E-state index contributed by atoms with van der Waals surface area (Å²) in [7, 11) is 5.92. The maximum Gasteiger partial charge on any atom is 0.306 e. The quantitative estimate of drug-likeness (QED) is 0.0195. The molecule has 0 bridgehead atoms. The van der Waals surface area contributed by atoms with E-state index in [9.17, 15) is 19.5 Å². The molecule has 0 aromatic carbocycles. The van der Waals surface area contributed by atoms with Crippen LogP contribution in [0.15, 0.2) is 97.2 Å². The van der Waals surface area contributed by atoms with E-state index in [1.807, 2.05) is 21.1 Å². The predicted octanol–water partition coefficient (Wildman–Crippen LogP) is 20.7. The fourth-order valence-corrected chi connectivity index (χ4v) is 9.97. The van der Waals surface area contributed by atoms with E-state index < -0.39 is 24.3 Å². The van der Waals surface area contributed by atoms with Crippen molar-refractivity contribution in [1.29, 1.82) is 0 Å². The van der Waals surface area contributed by atoms with Gasteiger partial charge in [0, 0.05) is 12.8 Å². The smallest absolute Gasteiger partial charge is 0.306 e. The highest BCUT2D eigenvalue weighted by molar-refractivity contribution is 5.70. The maximum atomic E-state index is 12.9. The van der Waals surface area contributed by atoms with Crippen LogP contribution in [0.25, 0.3) is 0 Å². The number of quaternary nitrogens is 1. The van der Waals surface area contributed by atoms with Crippen molar-refractivity contribution in [3.63, 3.8) is 0 Å². The van der Waals surface area contributed by atoms with E-state index in [1.54, 1.807) is 0 Å². The molecule has 85 heavy (non-hydrogen) atoms. The van der Waals surface area contributed by atoms with Gasteiger partial charge in [0.1, 0.15) is 13.2 Å². The number of hydrogen-bond acceptors (Lipinski definition) is 8. The number of likely N-dealkylation sites (N-methyl/N-ethyl adjacent to an activating group) is 1. The van der Waals surface area contributed by atoms with Crippen molar-refractivity contribution in [1.82, 2.24) is 0 Å². The van der Waals surface area contributed by atoms with Crippen LogP contribution in [-0.2, 0) is 33.3 Å². The van der Waals surface area contributed by atoms with Gasteiger partial charge in [-0.1, -0.05) is 317 Å². The SMILES string of the molecule is CC/C=C\C/C=C\C/C=C\C/C=C\C/C=C\C/C=C\C/C=C\C/C=C\CCCCCCC(=O)OC(COC(=O)CCCCCCCCCCCCCCCCCCCCCCCCCCCCCCCCC)COC(OCC[N+](C)(C)C)C(=O)[O-]. The first-order chi connectivity index (χ1) is 41.6. The van der Waals surface area contributed by atoms with Crippen molar-refractivity contribution in [2.45, 2.75) is 322 Å². The van der Waals surface area contributed by atoms with Crippen LogP contribution in [0.3, 0.4) is 0 Å². The number of aliphatic carboxylic acids is 1. The van der Waals surface area contributed by atoms with Crippen LogP contribution in [0, 0.1) is 0 Å². The topological polar surface area (TPSA) is 111 Å². The molecule has 490 valence electrons. The zero-order chi connectivity index (χ0) is 61.9. The number of carboxylic acid groups (broad SMARTS) is 1. The van der Waals surface area contributed by atoms with E-state index >= 15 is 0 Å². The Morgan fingerprint density at radius 1 is 0.365 bits per heavy atom. The van der Waals surface area contributed by atoms with Gasteiger partial charge in [-0.3, -0.25) is 9.59 Å². The zero-order valence-electron chi connectivity index (χ0n) is 56.0. The molecule has 0 fully saturated rings. The lowest BCUT2D eigenvalue weighted by atomic mass is 10.0. The van der Waals surface area contributed by atoms with Crippen molar-refractivity contribution in [2.24, 2.45) is 0 Å². The number of carbonyl (C=O) groups is 3. The van der Waals surface area contributed by atoms with Crippen molar-refractivity contribution < 1.29 is 42.9 Å². The molecule has 0 aliphatic rings. The summed E-state index contributed by atoms with van der Waals surface area (Å²) >= 11 is 0. The van der Waals surface area contributed by atoms with E-state index in [-0.39, 0.29) is 38.6 Å². The lowest BCUT2D eigenvalue weighted by molar-refractivity contribution is -0.870. The summed E-state index contributed by atoms with van der Waals surface area (Å²) in [6, 6.07) is 0. The normalized spacial score (nSPS) is 13.3. The molecule has 0 aromatic rings. The van der Waals surface area contributed by atoms with E-state index in [1.165, 1.54) is 180 Å². The third kappa shape index (κ3) is 67.6. The standard InChI is InChI=1S/C76H133NO8/c1-6-8-10-12-14-16-18-20-22-24-26-28-30-32-34-36-37-39-40-42-44-46-48-50-52-54-56-58-60-62-64-66-73(78)83-70-72(71-84-76(75(80)81)82-69-68-77(3,4)5)85-74(79)67-65-63-61-59-57-55-53-51-49-47-45-43-41-38-35-33-31-29-27-25-23-21-19-17-15-13-11-9-7-2/h9,11,15,17,21,23,27,29,33,35,41,43,47,49,53,55,72,76H,6-8,10,12-14,16,18-20,22,24-26,28,30-32,34,36-40,42,44-46,48,50-52,54,56-71H2,1-5H3/b11-9-,17-15-,23-21-,29-27-,35-33-,43-41-,49-47-,55-53-. The van der Waals surface area contributed by atoms with Gasteiger partial charge >= 0.3 is 11.9 Å². The largest absolute Gasteiger partial charge is 0.545 e. The molecule has 9 nitrogen and oxygen atoms in total. The molecule has 0 aliphatic heterocycles. The molecular weight excluding hydrogens is 1050 g/mol. The number of hydrogen-bond donors (Lipinski definition) is 0. The Morgan fingerprint density at radius 2 is 0.671 bits per heavy atom. The van der Waals surface area contributed by atoms with E-state index in [2.05, 4.69) is 111 Å². The Hall–Kier alpha value is -3.79. The first kappa shape index (κ1) is 81.2. The molecule has 2 atom stereocenters. The summed E-state index contributed by atoms with van der Waals surface area (Å²) in [5.41, 5.74) is 0. The fourth-order valence-electron chi connectivity index (χ4n) is 9.97. The number of carbonyl (C=O) groups excluding carboxylic acids is 3. The predicted molar refractivity (Wildman–Crippen MR) is 361 cm³/mol. The summed E-state index contributed by atoms with van der Waals surface area (Å²) in [6.07, 6.45) is 87.8. The van der Waals surface area contributed by atoms with E-state index in [0.29, 0.717) is 17.4 Å². The average Bonchev–Trinajstić information content (AvgIpc) is 3.48. The number of carboxylic acids is 1. The van der Waals surface area contributed by atoms with Gasteiger partial charge in [-0.15, -0.1) is 0 Å². The molecule has 0 aliphatic carbocycles. The number of allylic oxidation sites excluding steroid dienone is 16. The lowest BCUT2D eigenvalue weighted by Gasteiger charge is -2.26. The molecule has 0 heterocycles. The Labute approximate surface area is 524 Å². The minimum Gasteiger partial charge on any atom is -0.545 e. The van der Waals surface area contributed by atoms with Crippen LogP contribution in [0.5, 0.6) is 0 Å². The molecule has 0 N–H and O–H groups in total. The van der Waals surface area contributed by atoms with Crippen molar-refractivity contribution in [3.05, 3.63) is 97.2 Å². The summed E-state index contributed by atoms with van der Waals surface area (Å²) in [6.45, 7) is 4.64. The highest BCUT2D eigenvalue weighted by atomic mass is 16.7. The number of esters is 2.